The van der Waals surface area contributed by atoms with Gasteiger partial charge in [-0.25, -0.2) is 8.42 Å². The molecule has 6 heteroatoms. The van der Waals surface area contributed by atoms with E-state index >= 15 is 0 Å². The Morgan fingerprint density at radius 1 is 1.42 bits per heavy atom. The van der Waals surface area contributed by atoms with Crippen molar-refractivity contribution in [1.29, 1.82) is 0 Å². The molecule has 0 bridgehead atoms. The predicted molar refractivity (Wildman–Crippen MR) is 76.5 cm³/mol. The number of rotatable bonds is 3. The van der Waals surface area contributed by atoms with Crippen molar-refractivity contribution < 1.29 is 8.42 Å². The van der Waals surface area contributed by atoms with Gasteiger partial charge in [0, 0.05) is 24.7 Å². The number of nitrogens with zero attached hydrogens (tertiary/aromatic N) is 1. The van der Waals surface area contributed by atoms with E-state index in [4.69, 9.17) is 17.3 Å². The Morgan fingerprint density at radius 2 is 2.11 bits per heavy atom. The second kappa shape index (κ2) is 5.05. The zero-order chi connectivity index (χ0) is 14.3. The average molecular weight is 303 g/mol. The first kappa shape index (κ1) is 14.8. The van der Waals surface area contributed by atoms with Crippen molar-refractivity contribution in [3.63, 3.8) is 0 Å². The van der Waals surface area contributed by atoms with Gasteiger partial charge in [0.05, 0.1) is 4.90 Å². The van der Waals surface area contributed by atoms with Crippen LogP contribution in [-0.4, -0.2) is 25.8 Å². The fourth-order valence-electron chi connectivity index (χ4n) is 2.27. The smallest absolute Gasteiger partial charge is 0.243 e. The quantitative estimate of drug-likeness (QED) is 0.931. The first-order valence-electron chi connectivity index (χ1n) is 6.25. The molecular weight excluding hydrogens is 284 g/mol. The maximum Gasteiger partial charge on any atom is 0.243 e. The minimum Gasteiger partial charge on any atom is -0.326 e. The number of sulfonamides is 1. The van der Waals surface area contributed by atoms with Crippen LogP contribution < -0.4 is 5.73 Å². The summed E-state index contributed by atoms with van der Waals surface area (Å²) >= 11 is 6.04. The highest BCUT2D eigenvalue weighted by Crippen LogP contribution is 2.33. The number of halogens is 1. The third-order valence-corrected chi connectivity index (χ3v) is 5.72. The van der Waals surface area contributed by atoms with Crippen molar-refractivity contribution >= 4 is 21.6 Å². The third kappa shape index (κ3) is 2.94. The summed E-state index contributed by atoms with van der Waals surface area (Å²) in [5.74, 6) is 0. The zero-order valence-electron chi connectivity index (χ0n) is 11.2. The summed E-state index contributed by atoms with van der Waals surface area (Å²) in [5, 5.41) is 0.405. The first-order chi connectivity index (χ1) is 8.76. The summed E-state index contributed by atoms with van der Waals surface area (Å²) in [6.45, 7) is 5.56. The molecule has 106 valence electrons. The Morgan fingerprint density at radius 3 is 2.58 bits per heavy atom. The van der Waals surface area contributed by atoms with Crippen LogP contribution in [0.3, 0.4) is 0 Å². The highest BCUT2D eigenvalue weighted by molar-refractivity contribution is 7.89. The Balaban J connectivity index is 2.33. The zero-order valence-corrected chi connectivity index (χ0v) is 12.8. The van der Waals surface area contributed by atoms with Crippen LogP contribution in [0.25, 0.3) is 0 Å². The molecule has 0 spiro atoms. The van der Waals surface area contributed by atoms with Gasteiger partial charge in [-0.15, -0.1) is 0 Å². The molecule has 19 heavy (non-hydrogen) atoms. The van der Waals surface area contributed by atoms with E-state index in [0.29, 0.717) is 24.7 Å². The number of hydrogen-bond donors (Lipinski definition) is 1. The molecule has 4 nitrogen and oxygen atoms in total. The molecule has 0 aliphatic carbocycles. The van der Waals surface area contributed by atoms with E-state index in [2.05, 4.69) is 13.8 Å². The van der Waals surface area contributed by atoms with E-state index in [1.54, 1.807) is 12.1 Å². The van der Waals surface area contributed by atoms with Crippen molar-refractivity contribution in [3.8, 4) is 0 Å². The molecule has 1 fully saturated rings. The number of hydrogen-bond acceptors (Lipinski definition) is 3. The van der Waals surface area contributed by atoms with Gasteiger partial charge in [0.25, 0.3) is 0 Å². The molecule has 2 N–H and O–H groups in total. The van der Waals surface area contributed by atoms with Gasteiger partial charge in [-0.05, 0) is 29.5 Å². The van der Waals surface area contributed by atoms with Crippen LogP contribution in [0.4, 0.5) is 0 Å². The maximum atomic E-state index is 12.5. The van der Waals surface area contributed by atoms with Gasteiger partial charge < -0.3 is 5.73 Å². The molecule has 1 aromatic rings. The van der Waals surface area contributed by atoms with E-state index in [0.717, 1.165) is 12.0 Å². The highest BCUT2D eigenvalue weighted by Gasteiger charge is 2.36. The Hall–Kier alpha value is -0.620. The fraction of sp³-hybridized carbons (Fsp3) is 0.538. The Kier molecular flexibility index (Phi) is 3.93. The van der Waals surface area contributed by atoms with E-state index in [1.807, 2.05) is 0 Å². The van der Waals surface area contributed by atoms with Crippen molar-refractivity contribution in [1.82, 2.24) is 4.31 Å². The van der Waals surface area contributed by atoms with Crippen molar-refractivity contribution in [2.24, 2.45) is 11.1 Å². The molecule has 0 atom stereocenters. The predicted octanol–water partition coefficient (Wildman–Crippen LogP) is 2.22. The fourth-order valence-corrected chi connectivity index (χ4v) is 4.25. The van der Waals surface area contributed by atoms with Crippen LogP contribution in [0.2, 0.25) is 5.02 Å². The number of benzene rings is 1. The van der Waals surface area contributed by atoms with Gasteiger partial charge in [0.15, 0.2) is 0 Å². The Labute approximate surface area is 119 Å². The molecule has 0 amide bonds. The van der Waals surface area contributed by atoms with Gasteiger partial charge in [-0.2, -0.15) is 4.31 Å². The molecular formula is C13H19ClN2O2S. The Bertz CT molecular complexity index is 584. The van der Waals surface area contributed by atoms with Crippen LogP contribution in [0.5, 0.6) is 0 Å². The van der Waals surface area contributed by atoms with Crippen LogP contribution >= 0.6 is 11.6 Å². The summed E-state index contributed by atoms with van der Waals surface area (Å²) in [6, 6.07) is 4.75. The molecule has 1 aromatic carbocycles. The minimum atomic E-state index is -3.45. The third-order valence-electron chi connectivity index (χ3n) is 3.52. The second-order valence-electron chi connectivity index (χ2n) is 5.71. The summed E-state index contributed by atoms with van der Waals surface area (Å²) in [4.78, 5) is 0.243. The lowest BCUT2D eigenvalue weighted by atomic mass is 9.93. The molecule has 0 saturated carbocycles. The van der Waals surface area contributed by atoms with Gasteiger partial charge in [-0.1, -0.05) is 31.5 Å². The molecule has 0 radical (unpaired) electrons. The minimum absolute atomic E-state index is 0.0358. The van der Waals surface area contributed by atoms with Crippen LogP contribution in [0, 0.1) is 5.41 Å². The molecule has 1 aliphatic heterocycles. The van der Waals surface area contributed by atoms with E-state index in [1.165, 1.54) is 10.4 Å². The summed E-state index contributed by atoms with van der Waals surface area (Å²) in [7, 11) is -3.45. The van der Waals surface area contributed by atoms with Gasteiger partial charge >= 0.3 is 0 Å². The van der Waals surface area contributed by atoms with E-state index in [-0.39, 0.29) is 10.3 Å². The maximum absolute atomic E-state index is 12.5. The SMILES string of the molecule is CC1(C)CCN(S(=O)(=O)c2ccc(CN)c(Cl)c2)C1. The topological polar surface area (TPSA) is 63.4 Å². The van der Waals surface area contributed by atoms with Crippen LogP contribution in [0.15, 0.2) is 23.1 Å². The van der Waals surface area contributed by atoms with Gasteiger partial charge in [0.1, 0.15) is 0 Å². The van der Waals surface area contributed by atoms with Crippen molar-refractivity contribution in [2.45, 2.75) is 31.7 Å². The standard InChI is InChI=1S/C13H19ClN2O2S/c1-13(2)5-6-16(9-13)19(17,18)11-4-3-10(8-15)12(14)7-11/h3-4,7H,5-6,8-9,15H2,1-2H3. The van der Waals surface area contributed by atoms with Crippen LogP contribution in [-0.2, 0) is 16.6 Å². The lowest BCUT2D eigenvalue weighted by Gasteiger charge is -2.20. The second-order valence-corrected chi connectivity index (χ2v) is 8.06. The molecule has 0 unspecified atom stereocenters. The average Bonchev–Trinajstić information content (AvgIpc) is 2.70. The van der Waals surface area contributed by atoms with Crippen molar-refractivity contribution in [3.05, 3.63) is 28.8 Å². The first-order valence-corrected chi connectivity index (χ1v) is 8.07. The van der Waals surface area contributed by atoms with Gasteiger partial charge in [0.2, 0.25) is 10.0 Å². The van der Waals surface area contributed by atoms with E-state index < -0.39 is 10.0 Å². The number of nitrogens with two attached hydrogens (primary N) is 1. The lowest BCUT2D eigenvalue weighted by molar-refractivity contribution is 0.375. The lowest BCUT2D eigenvalue weighted by Crippen LogP contribution is -2.30. The largest absolute Gasteiger partial charge is 0.326 e. The highest BCUT2D eigenvalue weighted by atomic mass is 35.5. The van der Waals surface area contributed by atoms with Gasteiger partial charge in [-0.3, -0.25) is 0 Å². The molecule has 1 aliphatic rings. The monoisotopic (exact) mass is 302 g/mol. The normalized spacial score (nSPS) is 19.8. The molecule has 2 rings (SSSR count). The van der Waals surface area contributed by atoms with E-state index in [9.17, 15) is 8.42 Å². The summed E-state index contributed by atoms with van der Waals surface area (Å²) < 4.78 is 26.5. The molecule has 1 heterocycles. The molecule has 0 aromatic heterocycles. The van der Waals surface area contributed by atoms with Crippen LogP contribution in [0.1, 0.15) is 25.8 Å². The summed E-state index contributed by atoms with van der Waals surface area (Å²) in [6.07, 6.45) is 0.876. The molecule has 1 saturated heterocycles. The van der Waals surface area contributed by atoms with Crippen molar-refractivity contribution in [2.75, 3.05) is 13.1 Å². The summed E-state index contributed by atoms with van der Waals surface area (Å²) in [5.41, 5.74) is 6.31.